The van der Waals surface area contributed by atoms with Crippen LogP contribution in [0.2, 0.25) is 10.0 Å². The summed E-state index contributed by atoms with van der Waals surface area (Å²) in [6, 6.07) is 4.25. The van der Waals surface area contributed by atoms with Gasteiger partial charge in [-0.1, -0.05) is 23.2 Å². The van der Waals surface area contributed by atoms with E-state index in [4.69, 9.17) is 23.2 Å². The molecule has 0 saturated carbocycles. The second-order valence-electron chi connectivity index (χ2n) is 3.07. The lowest BCUT2D eigenvalue weighted by atomic mass is 10.3. The van der Waals surface area contributed by atoms with E-state index in [9.17, 15) is 9.59 Å². The Labute approximate surface area is 95.8 Å². The number of nitrogens with zero attached hydrogens (tertiary/aromatic N) is 1. The number of imide groups is 1. The molecule has 1 aromatic rings. The van der Waals surface area contributed by atoms with Gasteiger partial charge in [0.1, 0.15) is 6.54 Å². The van der Waals surface area contributed by atoms with Crippen LogP contribution in [0.5, 0.6) is 0 Å². The molecule has 4 nitrogen and oxygen atoms in total. The van der Waals surface area contributed by atoms with E-state index in [0.29, 0.717) is 15.7 Å². The summed E-state index contributed by atoms with van der Waals surface area (Å²) in [5.74, 6) is -0.337. The maximum atomic E-state index is 11.3. The minimum atomic E-state index is -0.460. The van der Waals surface area contributed by atoms with Crippen LogP contribution >= 0.6 is 23.2 Å². The van der Waals surface area contributed by atoms with E-state index in [1.54, 1.807) is 18.2 Å². The summed E-state index contributed by atoms with van der Waals surface area (Å²) in [4.78, 5) is 23.6. The molecule has 0 unspecified atom stereocenters. The number of anilines is 1. The highest BCUT2D eigenvalue weighted by atomic mass is 35.5. The van der Waals surface area contributed by atoms with Crippen LogP contribution in [0.1, 0.15) is 0 Å². The summed E-state index contributed by atoms with van der Waals surface area (Å²) in [6.45, 7) is -0.00446. The fourth-order valence-electron chi connectivity index (χ4n) is 1.35. The molecule has 0 aliphatic carbocycles. The highest BCUT2D eigenvalue weighted by Crippen LogP contribution is 2.26. The fourth-order valence-corrected chi connectivity index (χ4v) is 1.86. The summed E-state index contributed by atoms with van der Waals surface area (Å²) in [5.41, 5.74) is 0.510. The first-order valence-electron chi connectivity index (χ1n) is 4.14. The number of urea groups is 1. The third-order valence-electron chi connectivity index (χ3n) is 1.95. The molecule has 1 saturated heterocycles. The summed E-state index contributed by atoms with van der Waals surface area (Å²) in [5, 5.41) is 3.01. The van der Waals surface area contributed by atoms with E-state index in [1.165, 1.54) is 4.90 Å². The molecule has 3 amide bonds. The fraction of sp³-hybridized carbons (Fsp3) is 0.111. The van der Waals surface area contributed by atoms with Crippen molar-refractivity contribution in [2.45, 2.75) is 0 Å². The van der Waals surface area contributed by atoms with Crippen LogP contribution in [0.4, 0.5) is 10.5 Å². The van der Waals surface area contributed by atoms with Crippen LogP contribution < -0.4 is 10.2 Å². The first kappa shape index (κ1) is 10.3. The number of nitrogens with one attached hydrogen (secondary N) is 1. The molecule has 6 heteroatoms. The van der Waals surface area contributed by atoms with E-state index in [0.717, 1.165) is 0 Å². The van der Waals surface area contributed by atoms with Crippen molar-refractivity contribution in [2.24, 2.45) is 0 Å². The Bertz CT molecular complexity index is 427. The SMILES string of the molecule is O=C1CN(c2cc(Cl)cc(Cl)c2)C(=O)N1. The zero-order valence-corrected chi connectivity index (χ0v) is 8.97. The molecule has 1 N–H and O–H groups in total. The number of halogens is 2. The monoisotopic (exact) mass is 244 g/mol. The molecule has 0 radical (unpaired) electrons. The second-order valence-corrected chi connectivity index (χ2v) is 3.94. The van der Waals surface area contributed by atoms with Crippen molar-refractivity contribution in [2.75, 3.05) is 11.4 Å². The molecule has 15 heavy (non-hydrogen) atoms. The van der Waals surface area contributed by atoms with Gasteiger partial charge in [0.2, 0.25) is 5.91 Å². The molecule has 0 atom stereocenters. The van der Waals surface area contributed by atoms with Crippen LogP contribution in [0, 0.1) is 0 Å². The number of carbonyl (C=O) groups excluding carboxylic acids is 2. The maximum absolute atomic E-state index is 11.3. The number of hydrogen-bond acceptors (Lipinski definition) is 2. The second kappa shape index (κ2) is 3.72. The van der Waals surface area contributed by atoms with Gasteiger partial charge in [-0.3, -0.25) is 15.0 Å². The molecule has 0 aromatic heterocycles. The Hall–Kier alpha value is -1.26. The molecule has 2 rings (SSSR count). The Morgan fingerprint density at radius 1 is 1.13 bits per heavy atom. The highest BCUT2D eigenvalue weighted by molar-refractivity contribution is 6.35. The largest absolute Gasteiger partial charge is 0.329 e. The van der Waals surface area contributed by atoms with Crippen LogP contribution in [-0.4, -0.2) is 18.5 Å². The minimum Gasteiger partial charge on any atom is -0.285 e. The topological polar surface area (TPSA) is 49.4 Å². The van der Waals surface area contributed by atoms with Crippen molar-refractivity contribution in [1.29, 1.82) is 0 Å². The van der Waals surface area contributed by atoms with E-state index in [2.05, 4.69) is 5.32 Å². The Balaban J connectivity index is 2.37. The molecule has 1 fully saturated rings. The number of benzene rings is 1. The zero-order valence-electron chi connectivity index (χ0n) is 7.46. The molecule has 0 spiro atoms. The summed E-state index contributed by atoms with van der Waals surface area (Å²) in [6.07, 6.45) is 0. The van der Waals surface area contributed by atoms with Gasteiger partial charge in [-0.05, 0) is 18.2 Å². The first-order chi connectivity index (χ1) is 7.06. The van der Waals surface area contributed by atoms with Crippen molar-refractivity contribution in [3.8, 4) is 0 Å². The quantitative estimate of drug-likeness (QED) is 0.769. The zero-order chi connectivity index (χ0) is 11.0. The first-order valence-corrected chi connectivity index (χ1v) is 4.89. The van der Waals surface area contributed by atoms with Gasteiger partial charge in [-0.25, -0.2) is 4.79 Å². The van der Waals surface area contributed by atoms with Gasteiger partial charge in [-0.2, -0.15) is 0 Å². The Morgan fingerprint density at radius 2 is 1.73 bits per heavy atom. The predicted molar refractivity (Wildman–Crippen MR) is 57.3 cm³/mol. The van der Waals surface area contributed by atoms with Gasteiger partial charge in [0, 0.05) is 15.7 Å². The third-order valence-corrected chi connectivity index (χ3v) is 2.39. The van der Waals surface area contributed by atoms with Gasteiger partial charge in [0.25, 0.3) is 0 Å². The molecule has 1 aromatic carbocycles. The number of carbonyl (C=O) groups is 2. The van der Waals surface area contributed by atoms with Crippen LogP contribution in [0.25, 0.3) is 0 Å². The molecular weight excluding hydrogens is 239 g/mol. The van der Waals surface area contributed by atoms with E-state index < -0.39 is 6.03 Å². The summed E-state index contributed by atoms with van der Waals surface area (Å²) in [7, 11) is 0. The number of hydrogen-bond donors (Lipinski definition) is 1. The molecule has 0 bridgehead atoms. The molecule has 1 aliphatic heterocycles. The summed E-state index contributed by atoms with van der Waals surface area (Å²) < 4.78 is 0. The molecule has 1 aliphatic rings. The van der Waals surface area contributed by atoms with Crippen LogP contribution in [-0.2, 0) is 4.79 Å². The standard InChI is InChI=1S/C9H6Cl2N2O2/c10-5-1-6(11)3-7(2-5)13-4-8(14)12-9(13)15/h1-3H,4H2,(H,12,14,15). The lowest BCUT2D eigenvalue weighted by molar-refractivity contribution is -0.117. The van der Waals surface area contributed by atoms with Gasteiger partial charge in [0.15, 0.2) is 0 Å². The minimum absolute atomic E-state index is 0.00446. The lowest BCUT2D eigenvalue weighted by Gasteiger charge is -2.13. The normalized spacial score (nSPS) is 15.7. The average molecular weight is 245 g/mol. The third kappa shape index (κ3) is 2.06. The van der Waals surface area contributed by atoms with Gasteiger partial charge >= 0.3 is 6.03 Å². The molecule has 78 valence electrons. The molecule has 1 heterocycles. The predicted octanol–water partition coefficient (Wildman–Crippen LogP) is 2.05. The average Bonchev–Trinajstić information content (AvgIpc) is 2.43. The van der Waals surface area contributed by atoms with Crippen molar-refractivity contribution < 1.29 is 9.59 Å². The van der Waals surface area contributed by atoms with Crippen LogP contribution in [0.3, 0.4) is 0 Å². The summed E-state index contributed by atoms with van der Waals surface area (Å²) >= 11 is 11.6. The van der Waals surface area contributed by atoms with Crippen molar-refractivity contribution in [3.63, 3.8) is 0 Å². The number of amides is 3. The lowest BCUT2D eigenvalue weighted by Crippen LogP contribution is -2.27. The van der Waals surface area contributed by atoms with E-state index in [1.807, 2.05) is 0 Å². The van der Waals surface area contributed by atoms with E-state index >= 15 is 0 Å². The highest BCUT2D eigenvalue weighted by Gasteiger charge is 2.28. The van der Waals surface area contributed by atoms with Gasteiger partial charge in [0.05, 0.1) is 0 Å². The van der Waals surface area contributed by atoms with Crippen molar-refractivity contribution in [3.05, 3.63) is 28.2 Å². The van der Waals surface area contributed by atoms with Gasteiger partial charge in [-0.15, -0.1) is 0 Å². The Kier molecular flexibility index (Phi) is 2.54. The Morgan fingerprint density at radius 3 is 2.20 bits per heavy atom. The van der Waals surface area contributed by atoms with Gasteiger partial charge < -0.3 is 0 Å². The van der Waals surface area contributed by atoms with Crippen molar-refractivity contribution in [1.82, 2.24) is 5.32 Å². The van der Waals surface area contributed by atoms with E-state index in [-0.39, 0.29) is 12.5 Å². The molecular formula is C9H6Cl2N2O2. The number of rotatable bonds is 1. The van der Waals surface area contributed by atoms with Crippen LogP contribution in [0.15, 0.2) is 18.2 Å². The smallest absolute Gasteiger partial charge is 0.285 e. The van der Waals surface area contributed by atoms with Crippen molar-refractivity contribution >= 4 is 40.8 Å². The maximum Gasteiger partial charge on any atom is 0.329 e.